The first-order chi connectivity index (χ1) is 10.2. The Morgan fingerprint density at radius 2 is 1.59 bits per heavy atom. The van der Waals surface area contributed by atoms with E-state index in [2.05, 4.69) is 4.36 Å². The highest BCUT2D eigenvalue weighted by atomic mass is 32.2. The molecule has 4 nitrogen and oxygen atoms in total. The number of benzene rings is 1. The minimum atomic E-state index is -2.10. The van der Waals surface area contributed by atoms with E-state index in [4.69, 9.17) is 9.31 Å². The second-order valence-corrected chi connectivity index (χ2v) is 9.67. The molecule has 120 valence electrons. The Morgan fingerprint density at radius 1 is 1.05 bits per heavy atom. The highest BCUT2D eigenvalue weighted by Crippen LogP contribution is 2.37. The molecule has 0 spiro atoms. The number of hydrogen-bond donors (Lipinski definition) is 0. The zero-order valence-electron chi connectivity index (χ0n) is 13.8. The van der Waals surface area contributed by atoms with E-state index >= 15 is 0 Å². The molecule has 0 aromatic heterocycles. The van der Waals surface area contributed by atoms with Gasteiger partial charge in [-0.2, -0.15) is 4.36 Å². The highest BCUT2D eigenvalue weighted by molar-refractivity contribution is 7.93. The molecule has 3 rings (SSSR count). The van der Waals surface area contributed by atoms with Gasteiger partial charge >= 0.3 is 7.12 Å². The van der Waals surface area contributed by atoms with Gasteiger partial charge in [-0.05, 0) is 46.6 Å². The lowest BCUT2D eigenvalue weighted by atomic mass is 9.78. The third-order valence-electron chi connectivity index (χ3n) is 4.89. The fraction of sp³-hybridized carbons (Fsp3) is 0.625. The predicted octanol–water partition coefficient (Wildman–Crippen LogP) is 2.88. The Kier molecular flexibility index (Phi) is 3.90. The van der Waals surface area contributed by atoms with E-state index in [0.717, 1.165) is 24.0 Å². The molecule has 2 saturated heterocycles. The Labute approximate surface area is 133 Å². The predicted molar refractivity (Wildman–Crippen MR) is 91.4 cm³/mol. The van der Waals surface area contributed by atoms with Gasteiger partial charge in [0.15, 0.2) is 0 Å². The van der Waals surface area contributed by atoms with Crippen molar-refractivity contribution in [1.29, 1.82) is 0 Å². The molecule has 0 amide bonds. The van der Waals surface area contributed by atoms with Crippen LogP contribution < -0.4 is 5.46 Å². The summed E-state index contributed by atoms with van der Waals surface area (Å²) in [6.07, 6.45) is 2.00. The van der Waals surface area contributed by atoms with E-state index in [1.807, 2.05) is 52.0 Å². The Bertz CT molecular complexity index is 664. The maximum atomic E-state index is 12.7. The van der Waals surface area contributed by atoms with E-state index in [9.17, 15) is 4.21 Å². The van der Waals surface area contributed by atoms with Crippen molar-refractivity contribution in [3.8, 4) is 0 Å². The third-order valence-corrected chi connectivity index (χ3v) is 7.27. The summed E-state index contributed by atoms with van der Waals surface area (Å²) in [6.45, 7) is 8.13. The highest BCUT2D eigenvalue weighted by Gasteiger charge is 2.52. The first kappa shape index (κ1) is 16.0. The van der Waals surface area contributed by atoms with Crippen LogP contribution in [0.1, 0.15) is 40.5 Å². The minimum Gasteiger partial charge on any atom is -0.399 e. The number of nitrogens with zero attached hydrogens (tertiary/aromatic N) is 1. The van der Waals surface area contributed by atoms with Crippen LogP contribution in [0, 0.1) is 0 Å². The van der Waals surface area contributed by atoms with Crippen molar-refractivity contribution >= 4 is 28.0 Å². The SMILES string of the molecule is CC1(C)OB(c2ccccc2N=S2(=O)CCCC2)OC1(C)C. The van der Waals surface area contributed by atoms with Gasteiger partial charge in [-0.15, -0.1) is 0 Å². The number of rotatable bonds is 2. The van der Waals surface area contributed by atoms with Gasteiger partial charge in [0.2, 0.25) is 0 Å². The molecular weight excluding hydrogens is 297 g/mol. The average Bonchev–Trinajstić information content (AvgIpc) is 2.92. The molecular formula is C16H24BNO3S. The molecule has 1 aromatic carbocycles. The molecule has 0 aliphatic carbocycles. The summed E-state index contributed by atoms with van der Waals surface area (Å²) in [7, 11) is -2.57. The van der Waals surface area contributed by atoms with Crippen molar-refractivity contribution < 1.29 is 13.5 Å². The fourth-order valence-corrected chi connectivity index (χ4v) is 4.99. The lowest BCUT2D eigenvalue weighted by Gasteiger charge is -2.32. The molecule has 0 N–H and O–H groups in total. The van der Waals surface area contributed by atoms with Crippen molar-refractivity contribution in [1.82, 2.24) is 0 Å². The summed E-state index contributed by atoms with van der Waals surface area (Å²) < 4.78 is 29.6. The lowest BCUT2D eigenvalue weighted by Crippen LogP contribution is -2.41. The summed E-state index contributed by atoms with van der Waals surface area (Å²) in [4.78, 5) is 0. The summed E-state index contributed by atoms with van der Waals surface area (Å²) in [5, 5.41) is 0. The molecule has 0 atom stereocenters. The van der Waals surface area contributed by atoms with Gasteiger partial charge < -0.3 is 9.31 Å². The maximum Gasteiger partial charge on any atom is 0.497 e. The van der Waals surface area contributed by atoms with Crippen LogP contribution in [0.3, 0.4) is 0 Å². The summed E-state index contributed by atoms with van der Waals surface area (Å²) in [6, 6.07) is 7.73. The zero-order valence-corrected chi connectivity index (χ0v) is 14.6. The van der Waals surface area contributed by atoms with Gasteiger partial charge in [-0.3, -0.25) is 0 Å². The van der Waals surface area contributed by atoms with Crippen molar-refractivity contribution in [3.63, 3.8) is 0 Å². The van der Waals surface area contributed by atoms with Gasteiger partial charge in [-0.1, -0.05) is 18.2 Å². The van der Waals surface area contributed by atoms with Crippen LogP contribution in [0.2, 0.25) is 0 Å². The summed E-state index contributed by atoms with van der Waals surface area (Å²) in [5.41, 5.74) is 0.837. The van der Waals surface area contributed by atoms with E-state index in [-0.39, 0.29) is 11.2 Å². The van der Waals surface area contributed by atoms with E-state index in [1.165, 1.54) is 0 Å². The molecule has 2 aliphatic heterocycles. The smallest absolute Gasteiger partial charge is 0.399 e. The van der Waals surface area contributed by atoms with Crippen molar-refractivity contribution in [3.05, 3.63) is 24.3 Å². The Morgan fingerprint density at radius 3 is 2.18 bits per heavy atom. The first-order valence-corrected chi connectivity index (χ1v) is 9.75. The second-order valence-electron chi connectivity index (χ2n) is 7.13. The molecule has 1 aromatic rings. The van der Waals surface area contributed by atoms with Crippen molar-refractivity contribution in [2.24, 2.45) is 4.36 Å². The van der Waals surface area contributed by atoms with Gasteiger partial charge in [0.05, 0.1) is 26.6 Å². The van der Waals surface area contributed by atoms with Crippen molar-refractivity contribution in [2.45, 2.75) is 51.7 Å². The monoisotopic (exact) mass is 321 g/mol. The molecule has 2 aliphatic rings. The van der Waals surface area contributed by atoms with Crippen LogP contribution in [0.4, 0.5) is 5.69 Å². The molecule has 0 bridgehead atoms. The standard InChI is InChI=1S/C16H24BNO3S/c1-15(2)16(3,4)21-17(20-15)13-9-5-6-10-14(13)18-22(19)11-7-8-12-22/h5-6,9-10H,7-8,11-12H2,1-4H3. The zero-order chi connectivity index (χ0) is 16.0. The fourth-order valence-electron chi connectivity index (χ4n) is 2.77. The van der Waals surface area contributed by atoms with E-state index < -0.39 is 16.8 Å². The Hall–Kier alpha value is -0.845. The van der Waals surface area contributed by atoms with Gasteiger partial charge in [-0.25, -0.2) is 4.21 Å². The minimum absolute atomic E-state index is 0.389. The van der Waals surface area contributed by atoms with Crippen LogP contribution in [0.25, 0.3) is 0 Å². The third kappa shape index (κ3) is 2.84. The van der Waals surface area contributed by atoms with Crippen LogP contribution in [0.15, 0.2) is 28.6 Å². The molecule has 0 radical (unpaired) electrons. The topological polar surface area (TPSA) is 47.9 Å². The Balaban J connectivity index is 1.99. The van der Waals surface area contributed by atoms with Crippen LogP contribution >= 0.6 is 0 Å². The van der Waals surface area contributed by atoms with Crippen LogP contribution in [0.5, 0.6) is 0 Å². The van der Waals surface area contributed by atoms with Gasteiger partial charge in [0.1, 0.15) is 0 Å². The number of hydrogen-bond acceptors (Lipinski definition) is 4. The average molecular weight is 321 g/mol. The van der Waals surface area contributed by atoms with Crippen LogP contribution in [-0.2, 0) is 19.0 Å². The normalized spacial score (nSPS) is 25.4. The molecule has 22 heavy (non-hydrogen) atoms. The van der Waals surface area contributed by atoms with Gasteiger partial charge in [0.25, 0.3) is 0 Å². The second kappa shape index (κ2) is 5.36. The molecule has 0 unspecified atom stereocenters. The molecule has 2 fully saturated rings. The molecule has 0 saturated carbocycles. The summed E-state index contributed by atoms with van der Waals surface area (Å²) >= 11 is 0. The largest absolute Gasteiger partial charge is 0.497 e. The van der Waals surface area contributed by atoms with Crippen molar-refractivity contribution in [2.75, 3.05) is 11.5 Å². The molecule has 2 heterocycles. The van der Waals surface area contributed by atoms with E-state index in [0.29, 0.717) is 11.5 Å². The van der Waals surface area contributed by atoms with E-state index in [1.54, 1.807) is 0 Å². The first-order valence-electron chi connectivity index (χ1n) is 7.90. The van der Waals surface area contributed by atoms with Crippen LogP contribution in [-0.4, -0.2) is 34.0 Å². The van der Waals surface area contributed by atoms with Gasteiger partial charge in [0, 0.05) is 17.0 Å². The molecule has 6 heteroatoms. The lowest BCUT2D eigenvalue weighted by molar-refractivity contribution is 0.00578. The summed E-state index contributed by atoms with van der Waals surface area (Å²) in [5.74, 6) is 1.40. The maximum absolute atomic E-state index is 12.7. The quantitative estimate of drug-likeness (QED) is 0.787.